The molecule has 2 aliphatic rings. The van der Waals surface area contributed by atoms with Crippen LogP contribution in [0.15, 0.2) is 23.0 Å². The highest BCUT2D eigenvalue weighted by Crippen LogP contribution is 2.30. The van der Waals surface area contributed by atoms with E-state index >= 15 is 0 Å². The second-order valence-corrected chi connectivity index (χ2v) is 8.33. The number of hydrogen-bond acceptors (Lipinski definition) is 5. The topological polar surface area (TPSA) is 85.0 Å². The smallest absolute Gasteiger partial charge is 0.267 e. The van der Waals surface area contributed by atoms with E-state index in [4.69, 9.17) is 0 Å². The van der Waals surface area contributed by atoms with Gasteiger partial charge in [0, 0.05) is 24.3 Å². The summed E-state index contributed by atoms with van der Waals surface area (Å²) in [5.74, 6) is 0.866. The van der Waals surface area contributed by atoms with Gasteiger partial charge in [-0.3, -0.25) is 9.59 Å². The fourth-order valence-electron chi connectivity index (χ4n) is 4.78. The van der Waals surface area contributed by atoms with E-state index in [0.717, 1.165) is 17.8 Å². The number of carbonyl (C=O) groups excluding carboxylic acids is 1. The van der Waals surface area contributed by atoms with Crippen molar-refractivity contribution in [3.05, 3.63) is 39.9 Å². The Kier molecular flexibility index (Phi) is 5.80. The molecule has 0 bridgehead atoms. The minimum Gasteiger partial charge on any atom is -0.354 e. The van der Waals surface area contributed by atoms with Crippen molar-refractivity contribution < 1.29 is 4.79 Å². The van der Waals surface area contributed by atoms with E-state index in [-0.39, 0.29) is 18.0 Å². The number of amides is 1. The summed E-state index contributed by atoms with van der Waals surface area (Å²) in [6, 6.07) is 5.61. The molecule has 0 saturated carbocycles. The van der Waals surface area contributed by atoms with Crippen LogP contribution in [0.3, 0.4) is 0 Å². The third-order valence-electron chi connectivity index (χ3n) is 6.16. The normalized spacial score (nSPS) is 22.3. The second kappa shape index (κ2) is 8.49. The second-order valence-electron chi connectivity index (χ2n) is 8.33. The summed E-state index contributed by atoms with van der Waals surface area (Å²) in [4.78, 5) is 27.3. The van der Waals surface area contributed by atoms with Crippen LogP contribution in [0.2, 0.25) is 0 Å². The van der Waals surface area contributed by atoms with E-state index in [2.05, 4.69) is 20.4 Å². The zero-order valence-corrected chi connectivity index (χ0v) is 17.3. The lowest BCUT2D eigenvalue weighted by atomic mass is 9.83. The van der Waals surface area contributed by atoms with Crippen LogP contribution in [0.25, 0.3) is 5.82 Å². The molecule has 2 aromatic heterocycles. The first kappa shape index (κ1) is 19.8. The average molecular weight is 399 g/mol. The van der Waals surface area contributed by atoms with Crippen molar-refractivity contribution in [1.29, 1.82) is 0 Å². The molecule has 0 spiro atoms. The number of rotatable bonds is 5. The van der Waals surface area contributed by atoms with Gasteiger partial charge in [0.2, 0.25) is 5.91 Å². The third kappa shape index (κ3) is 4.42. The van der Waals surface area contributed by atoms with E-state index in [0.29, 0.717) is 24.3 Å². The van der Waals surface area contributed by atoms with E-state index in [1.54, 1.807) is 10.7 Å². The zero-order valence-electron chi connectivity index (χ0n) is 17.3. The molecule has 0 unspecified atom stereocenters. The molecule has 0 radical (unpaired) electrons. The SMILES string of the molecule is Cc1cc(C)n(-c2ccc(=O)n(CC(=O)NC[C@@H]3CCCN4CCCC[C@@H]34)n2)n1. The standard InChI is InChI=1S/C21H30N6O2/c1-15-12-16(2)27(23-15)19-8-9-21(29)26(24-19)14-20(28)22-13-17-6-5-11-25-10-4-3-7-18(17)25/h8-9,12,17-18H,3-7,10-11,13-14H2,1-2H3,(H,22,28)/t17-,18-/m0/s1. The molecule has 2 atom stereocenters. The Morgan fingerprint density at radius 3 is 2.76 bits per heavy atom. The van der Waals surface area contributed by atoms with E-state index in [1.165, 1.54) is 49.5 Å². The number of aryl methyl sites for hydroxylation is 2. The number of nitrogens with zero attached hydrogens (tertiary/aromatic N) is 5. The van der Waals surface area contributed by atoms with Crippen LogP contribution >= 0.6 is 0 Å². The highest BCUT2D eigenvalue weighted by Gasteiger charge is 2.32. The zero-order chi connectivity index (χ0) is 20.4. The van der Waals surface area contributed by atoms with Gasteiger partial charge in [0.15, 0.2) is 5.82 Å². The Hall–Kier alpha value is -2.48. The maximum Gasteiger partial charge on any atom is 0.267 e. The summed E-state index contributed by atoms with van der Waals surface area (Å²) in [6.07, 6.45) is 6.15. The van der Waals surface area contributed by atoms with Crippen molar-refractivity contribution in [2.75, 3.05) is 19.6 Å². The maximum atomic E-state index is 12.5. The van der Waals surface area contributed by atoms with Crippen molar-refractivity contribution >= 4 is 5.91 Å². The average Bonchev–Trinajstić information content (AvgIpc) is 3.06. The van der Waals surface area contributed by atoms with Crippen molar-refractivity contribution in [2.45, 2.75) is 58.5 Å². The van der Waals surface area contributed by atoms with Crippen molar-refractivity contribution in [1.82, 2.24) is 29.8 Å². The van der Waals surface area contributed by atoms with Gasteiger partial charge in [0.05, 0.1) is 5.69 Å². The monoisotopic (exact) mass is 398 g/mol. The fraction of sp³-hybridized carbons (Fsp3) is 0.619. The van der Waals surface area contributed by atoms with Crippen LogP contribution in [-0.2, 0) is 11.3 Å². The minimum absolute atomic E-state index is 0.0763. The molecule has 156 valence electrons. The molecule has 29 heavy (non-hydrogen) atoms. The first-order chi connectivity index (χ1) is 14.0. The van der Waals surface area contributed by atoms with Gasteiger partial charge in [0.25, 0.3) is 5.56 Å². The van der Waals surface area contributed by atoms with Crippen LogP contribution < -0.4 is 10.9 Å². The lowest BCUT2D eigenvalue weighted by molar-refractivity contribution is -0.122. The summed E-state index contributed by atoms with van der Waals surface area (Å²) in [5, 5.41) is 11.8. The predicted molar refractivity (Wildman–Crippen MR) is 110 cm³/mol. The summed E-state index contributed by atoms with van der Waals surface area (Å²) in [6.45, 7) is 6.81. The van der Waals surface area contributed by atoms with Crippen molar-refractivity contribution in [3.8, 4) is 5.82 Å². The van der Waals surface area contributed by atoms with Crippen molar-refractivity contribution in [2.24, 2.45) is 5.92 Å². The molecule has 1 N–H and O–H groups in total. The van der Waals surface area contributed by atoms with Crippen LogP contribution in [0.4, 0.5) is 0 Å². The Morgan fingerprint density at radius 1 is 1.14 bits per heavy atom. The van der Waals surface area contributed by atoms with Crippen LogP contribution in [-0.4, -0.2) is 56.0 Å². The number of piperidine rings is 2. The molecule has 2 aromatic rings. The molecule has 2 aliphatic heterocycles. The van der Waals surface area contributed by atoms with Gasteiger partial charge in [0.1, 0.15) is 6.54 Å². The van der Waals surface area contributed by atoms with Gasteiger partial charge in [-0.05, 0) is 70.7 Å². The maximum absolute atomic E-state index is 12.5. The summed E-state index contributed by atoms with van der Waals surface area (Å²) < 4.78 is 2.90. The number of fused-ring (bicyclic) bond motifs is 1. The van der Waals surface area contributed by atoms with Gasteiger partial charge >= 0.3 is 0 Å². The van der Waals surface area contributed by atoms with Crippen LogP contribution in [0, 0.1) is 19.8 Å². The lowest BCUT2D eigenvalue weighted by Crippen LogP contribution is -2.51. The molecule has 2 fully saturated rings. The Balaban J connectivity index is 1.40. The quantitative estimate of drug-likeness (QED) is 0.824. The predicted octanol–water partition coefficient (Wildman–Crippen LogP) is 1.43. The largest absolute Gasteiger partial charge is 0.354 e. The summed E-state index contributed by atoms with van der Waals surface area (Å²) in [5.41, 5.74) is 1.52. The van der Waals surface area contributed by atoms with Gasteiger partial charge in [-0.2, -0.15) is 5.10 Å². The number of nitrogens with one attached hydrogen (secondary N) is 1. The van der Waals surface area contributed by atoms with Gasteiger partial charge in [-0.15, -0.1) is 5.10 Å². The van der Waals surface area contributed by atoms with Crippen LogP contribution in [0.5, 0.6) is 0 Å². The number of carbonyl (C=O) groups is 1. The van der Waals surface area contributed by atoms with Gasteiger partial charge < -0.3 is 10.2 Å². The van der Waals surface area contributed by atoms with Crippen molar-refractivity contribution in [3.63, 3.8) is 0 Å². The lowest BCUT2D eigenvalue weighted by Gasteiger charge is -2.44. The highest BCUT2D eigenvalue weighted by molar-refractivity contribution is 5.75. The van der Waals surface area contributed by atoms with Crippen LogP contribution in [0.1, 0.15) is 43.5 Å². The molecule has 8 heteroatoms. The van der Waals surface area contributed by atoms with Gasteiger partial charge in [-0.25, -0.2) is 9.36 Å². The number of aromatic nitrogens is 4. The first-order valence-corrected chi connectivity index (χ1v) is 10.6. The molecule has 2 saturated heterocycles. The van der Waals surface area contributed by atoms with Gasteiger partial charge in [-0.1, -0.05) is 6.42 Å². The fourth-order valence-corrected chi connectivity index (χ4v) is 4.78. The molecule has 0 aliphatic carbocycles. The molecule has 1 amide bonds. The highest BCUT2D eigenvalue weighted by atomic mass is 16.2. The minimum atomic E-state index is -0.290. The molecular weight excluding hydrogens is 368 g/mol. The Labute approximate surface area is 170 Å². The molecule has 4 heterocycles. The van der Waals surface area contributed by atoms with E-state index in [9.17, 15) is 9.59 Å². The first-order valence-electron chi connectivity index (χ1n) is 10.6. The molecule has 4 rings (SSSR count). The summed E-state index contributed by atoms with van der Waals surface area (Å²) >= 11 is 0. The molecule has 0 aromatic carbocycles. The van der Waals surface area contributed by atoms with E-state index < -0.39 is 0 Å². The summed E-state index contributed by atoms with van der Waals surface area (Å²) in [7, 11) is 0. The number of hydrogen-bond donors (Lipinski definition) is 1. The third-order valence-corrected chi connectivity index (χ3v) is 6.16. The molecular formula is C21H30N6O2. The Morgan fingerprint density at radius 2 is 1.97 bits per heavy atom. The Bertz CT molecular complexity index is 931. The van der Waals surface area contributed by atoms with E-state index in [1.807, 2.05) is 19.9 Å². The molecule has 8 nitrogen and oxygen atoms in total.